The Morgan fingerprint density at radius 3 is 1.38 bits per heavy atom. The molecule has 2 aromatic carbocycles. The molecule has 0 saturated carbocycles. The number of aromatic nitrogens is 4. The predicted octanol–water partition coefficient (Wildman–Crippen LogP) is 7.01. The van der Waals surface area contributed by atoms with Crippen molar-refractivity contribution in [2.75, 3.05) is 21.3 Å². The molecule has 0 bridgehead atoms. The van der Waals surface area contributed by atoms with Gasteiger partial charge in [-0.15, -0.1) is 20.4 Å². The number of rotatable bonds is 13. The molecule has 0 unspecified atom stereocenters. The van der Waals surface area contributed by atoms with Crippen molar-refractivity contribution in [3.8, 4) is 0 Å². The van der Waals surface area contributed by atoms with E-state index in [1.54, 1.807) is 90.1 Å². The Labute approximate surface area is 298 Å². The van der Waals surface area contributed by atoms with E-state index in [0.29, 0.717) is 34.5 Å². The van der Waals surface area contributed by atoms with E-state index in [-0.39, 0.29) is 24.7 Å². The molecule has 0 aliphatic rings. The summed E-state index contributed by atoms with van der Waals surface area (Å²) in [4.78, 5) is 49.4. The van der Waals surface area contributed by atoms with Crippen molar-refractivity contribution >= 4 is 68.3 Å². The van der Waals surface area contributed by atoms with Gasteiger partial charge in [-0.1, -0.05) is 46.9 Å². The van der Waals surface area contributed by atoms with Crippen LogP contribution in [0.3, 0.4) is 0 Å². The minimum absolute atomic E-state index is 0.101. The van der Waals surface area contributed by atoms with Crippen LogP contribution < -0.4 is 21.3 Å². The standard InChI is InChI=1S/C34H42N8O6S2/c1-33(2,3)47-31(45)35-23-13-9-11-21(17-23)19-25(43)37-29-41-39-27(49-29)15-7-8-16-28-40-42-30(50-28)38-26(44)20-22-12-10-14-24(18-22)36-32(46)48-34(4,5)6/h9-14,17-18H,7-8,15-16,19-20H2,1-6H3,(H,35,45)(H,36,46)(H,37,41,43)(H,38,42,44). The maximum Gasteiger partial charge on any atom is 0.412 e. The maximum atomic E-state index is 12.6. The lowest BCUT2D eigenvalue weighted by Gasteiger charge is -2.19. The summed E-state index contributed by atoms with van der Waals surface area (Å²) in [6.07, 6.45) is 2.11. The number of unbranched alkanes of at least 4 members (excludes halogenated alkanes) is 1. The quantitative estimate of drug-likeness (QED) is 0.105. The van der Waals surface area contributed by atoms with Crippen molar-refractivity contribution in [2.24, 2.45) is 0 Å². The molecule has 0 spiro atoms. The molecule has 266 valence electrons. The Balaban J connectivity index is 1.15. The first-order chi connectivity index (χ1) is 23.6. The molecular formula is C34H42N8O6S2. The first-order valence-corrected chi connectivity index (χ1v) is 17.6. The fourth-order valence-electron chi connectivity index (χ4n) is 4.42. The molecule has 0 radical (unpaired) electrons. The molecule has 0 atom stereocenters. The van der Waals surface area contributed by atoms with Crippen LogP contribution >= 0.6 is 22.7 Å². The normalized spacial score (nSPS) is 11.4. The number of nitrogens with zero attached hydrogens (tertiary/aromatic N) is 4. The predicted molar refractivity (Wildman–Crippen MR) is 194 cm³/mol. The fourth-order valence-corrected chi connectivity index (χ4v) is 6.02. The molecule has 0 fully saturated rings. The van der Waals surface area contributed by atoms with E-state index in [1.165, 1.54) is 22.7 Å². The van der Waals surface area contributed by atoms with Gasteiger partial charge in [0.05, 0.1) is 12.8 Å². The van der Waals surface area contributed by atoms with Crippen LogP contribution in [0, 0.1) is 0 Å². The molecule has 2 aromatic heterocycles. The Bertz CT molecular complexity index is 1660. The van der Waals surface area contributed by atoms with Gasteiger partial charge < -0.3 is 20.1 Å². The summed E-state index contributed by atoms with van der Waals surface area (Å²) in [5, 5.41) is 30.0. The molecule has 4 aromatic rings. The number of carbonyl (C=O) groups excluding carboxylic acids is 4. The van der Waals surface area contributed by atoms with Gasteiger partial charge >= 0.3 is 12.2 Å². The van der Waals surface area contributed by atoms with Crippen LogP contribution in [0.25, 0.3) is 0 Å². The van der Waals surface area contributed by atoms with E-state index >= 15 is 0 Å². The molecule has 16 heteroatoms. The number of benzene rings is 2. The number of ether oxygens (including phenoxy) is 2. The van der Waals surface area contributed by atoms with E-state index in [1.807, 2.05) is 0 Å². The van der Waals surface area contributed by atoms with Gasteiger partial charge in [0, 0.05) is 24.2 Å². The lowest BCUT2D eigenvalue weighted by Crippen LogP contribution is -2.27. The maximum absolute atomic E-state index is 12.6. The molecule has 0 aliphatic heterocycles. The molecule has 14 nitrogen and oxygen atoms in total. The summed E-state index contributed by atoms with van der Waals surface area (Å²) in [6, 6.07) is 14.0. The van der Waals surface area contributed by atoms with Crippen molar-refractivity contribution in [2.45, 2.75) is 91.3 Å². The summed E-state index contributed by atoms with van der Waals surface area (Å²) >= 11 is 2.65. The number of amides is 4. The highest BCUT2D eigenvalue weighted by molar-refractivity contribution is 7.15. The van der Waals surface area contributed by atoms with Crippen molar-refractivity contribution in [1.82, 2.24) is 20.4 Å². The van der Waals surface area contributed by atoms with E-state index < -0.39 is 23.4 Å². The Kier molecular flexibility index (Phi) is 13.0. The first-order valence-electron chi connectivity index (χ1n) is 16.0. The van der Waals surface area contributed by atoms with Gasteiger partial charge in [-0.3, -0.25) is 20.2 Å². The van der Waals surface area contributed by atoms with Crippen LogP contribution in [0.2, 0.25) is 0 Å². The molecular weight excluding hydrogens is 681 g/mol. The van der Waals surface area contributed by atoms with Crippen LogP contribution in [-0.2, 0) is 44.7 Å². The number of carbonyl (C=O) groups is 4. The largest absolute Gasteiger partial charge is 0.444 e. The van der Waals surface area contributed by atoms with Gasteiger partial charge in [0.1, 0.15) is 21.2 Å². The zero-order valence-electron chi connectivity index (χ0n) is 28.9. The summed E-state index contributed by atoms with van der Waals surface area (Å²) < 4.78 is 10.6. The lowest BCUT2D eigenvalue weighted by atomic mass is 10.1. The third kappa shape index (κ3) is 13.9. The summed E-state index contributed by atoms with van der Waals surface area (Å²) in [6.45, 7) is 10.7. The highest BCUT2D eigenvalue weighted by Gasteiger charge is 2.18. The minimum atomic E-state index is -0.617. The van der Waals surface area contributed by atoms with Crippen molar-refractivity contribution in [3.05, 3.63) is 69.7 Å². The SMILES string of the molecule is CC(C)(C)OC(=O)Nc1cccc(CC(=O)Nc2nnc(CCCCc3nnc(NC(=O)Cc4cccc(NC(=O)OC(C)(C)C)c4)s3)s2)c1. The van der Waals surface area contributed by atoms with Gasteiger partial charge in [-0.25, -0.2) is 9.59 Å². The minimum Gasteiger partial charge on any atom is -0.444 e. The van der Waals surface area contributed by atoms with Crippen LogP contribution in [0.4, 0.5) is 31.2 Å². The third-order valence-electron chi connectivity index (χ3n) is 6.33. The highest BCUT2D eigenvalue weighted by Crippen LogP contribution is 2.22. The second kappa shape index (κ2) is 17.1. The average Bonchev–Trinajstić information content (AvgIpc) is 3.62. The Morgan fingerprint density at radius 2 is 1.00 bits per heavy atom. The van der Waals surface area contributed by atoms with E-state index in [4.69, 9.17) is 9.47 Å². The van der Waals surface area contributed by atoms with Gasteiger partial charge in [0.25, 0.3) is 0 Å². The highest BCUT2D eigenvalue weighted by atomic mass is 32.1. The molecule has 0 aliphatic carbocycles. The lowest BCUT2D eigenvalue weighted by molar-refractivity contribution is -0.116. The van der Waals surface area contributed by atoms with Gasteiger partial charge in [0.2, 0.25) is 22.1 Å². The number of hydrogen-bond acceptors (Lipinski definition) is 12. The number of anilines is 4. The van der Waals surface area contributed by atoms with E-state index in [0.717, 1.165) is 34.0 Å². The second-order valence-corrected chi connectivity index (χ2v) is 15.4. The van der Waals surface area contributed by atoms with Crippen LogP contribution in [0.15, 0.2) is 48.5 Å². The molecule has 4 N–H and O–H groups in total. The molecule has 4 amide bonds. The zero-order chi connectivity index (χ0) is 36.3. The monoisotopic (exact) mass is 722 g/mol. The Hall–Kier alpha value is -4.96. The van der Waals surface area contributed by atoms with E-state index in [2.05, 4.69) is 41.7 Å². The van der Waals surface area contributed by atoms with Crippen LogP contribution in [0.1, 0.15) is 75.5 Å². The smallest absolute Gasteiger partial charge is 0.412 e. The fraction of sp³-hybridized carbons (Fsp3) is 0.412. The number of hydrogen-bond donors (Lipinski definition) is 4. The van der Waals surface area contributed by atoms with Crippen LogP contribution in [0.5, 0.6) is 0 Å². The average molecular weight is 723 g/mol. The van der Waals surface area contributed by atoms with Gasteiger partial charge in [-0.2, -0.15) is 0 Å². The van der Waals surface area contributed by atoms with Crippen molar-refractivity contribution < 1.29 is 28.7 Å². The van der Waals surface area contributed by atoms with E-state index in [9.17, 15) is 19.2 Å². The molecule has 0 saturated heterocycles. The third-order valence-corrected chi connectivity index (χ3v) is 8.13. The summed E-state index contributed by atoms with van der Waals surface area (Å²) in [5.41, 5.74) is 1.28. The first kappa shape index (κ1) is 37.9. The topological polar surface area (TPSA) is 186 Å². The Morgan fingerprint density at radius 1 is 0.600 bits per heavy atom. The van der Waals surface area contributed by atoms with Crippen LogP contribution in [-0.4, -0.2) is 55.6 Å². The summed E-state index contributed by atoms with van der Waals surface area (Å²) in [7, 11) is 0. The molecule has 2 heterocycles. The van der Waals surface area contributed by atoms with Crippen molar-refractivity contribution in [1.29, 1.82) is 0 Å². The number of nitrogens with one attached hydrogen (secondary N) is 4. The summed E-state index contributed by atoms with van der Waals surface area (Å²) in [5.74, 6) is -0.491. The van der Waals surface area contributed by atoms with Crippen molar-refractivity contribution in [3.63, 3.8) is 0 Å². The second-order valence-electron chi connectivity index (χ2n) is 13.3. The van der Waals surface area contributed by atoms with Gasteiger partial charge in [0.15, 0.2) is 0 Å². The number of aryl methyl sites for hydroxylation is 2. The van der Waals surface area contributed by atoms with Gasteiger partial charge in [-0.05, 0) is 89.8 Å². The molecule has 4 rings (SSSR count). The zero-order valence-corrected chi connectivity index (χ0v) is 30.5. The molecule has 50 heavy (non-hydrogen) atoms.